The van der Waals surface area contributed by atoms with E-state index in [1.165, 1.54) is 11.8 Å². The molecule has 0 saturated heterocycles. The minimum atomic E-state index is -0.222. The summed E-state index contributed by atoms with van der Waals surface area (Å²) >= 11 is 6.19. The van der Waals surface area contributed by atoms with Crippen molar-refractivity contribution in [3.05, 3.63) is 76.6 Å². The van der Waals surface area contributed by atoms with E-state index < -0.39 is 0 Å². The minimum Gasteiger partial charge on any atom is -0.493 e. The van der Waals surface area contributed by atoms with Crippen molar-refractivity contribution in [2.45, 2.75) is 18.9 Å². The molecule has 7 nitrogen and oxygen atoms in total. The zero-order valence-corrected chi connectivity index (χ0v) is 16.8. The number of halogens is 1. The van der Waals surface area contributed by atoms with E-state index in [2.05, 4.69) is 21.6 Å². The van der Waals surface area contributed by atoms with E-state index in [1.807, 2.05) is 30.3 Å². The van der Waals surface area contributed by atoms with Crippen LogP contribution in [-0.2, 0) is 11.3 Å². The van der Waals surface area contributed by atoms with Gasteiger partial charge in [0.25, 0.3) is 5.91 Å². The molecular formula is C22H19ClN4O3. The van der Waals surface area contributed by atoms with Gasteiger partial charge in [-0.1, -0.05) is 28.9 Å². The fraction of sp³-hybridized carbons (Fsp3) is 0.227. The van der Waals surface area contributed by atoms with Crippen LogP contribution < -0.4 is 10.1 Å². The molecule has 3 heterocycles. The van der Waals surface area contributed by atoms with Crippen molar-refractivity contribution in [3.8, 4) is 11.4 Å². The van der Waals surface area contributed by atoms with E-state index in [4.69, 9.17) is 21.2 Å². The molecule has 0 bridgehead atoms. The van der Waals surface area contributed by atoms with E-state index >= 15 is 0 Å². The molecule has 8 heteroatoms. The van der Waals surface area contributed by atoms with Gasteiger partial charge in [-0.05, 0) is 41.5 Å². The summed E-state index contributed by atoms with van der Waals surface area (Å²) in [6, 6.07) is 13.4. The number of nitrogens with zero attached hydrogens (tertiary/aromatic N) is 3. The molecule has 2 aliphatic rings. The number of ether oxygens (including phenoxy) is 1. The lowest BCUT2D eigenvalue weighted by Gasteiger charge is -2.09. The van der Waals surface area contributed by atoms with Crippen LogP contribution in [-0.4, -0.2) is 40.7 Å². The summed E-state index contributed by atoms with van der Waals surface area (Å²) in [4.78, 5) is 18.0. The third-order valence-corrected chi connectivity index (χ3v) is 5.51. The summed E-state index contributed by atoms with van der Waals surface area (Å²) in [7, 11) is 0. The summed E-state index contributed by atoms with van der Waals surface area (Å²) in [6.07, 6.45) is 4.52. The van der Waals surface area contributed by atoms with E-state index in [-0.39, 0.29) is 12.0 Å². The van der Waals surface area contributed by atoms with Gasteiger partial charge in [0.15, 0.2) is 0 Å². The molecule has 3 aromatic rings. The molecule has 1 aromatic heterocycles. The first-order valence-electron chi connectivity index (χ1n) is 9.74. The molecule has 0 radical (unpaired) electrons. The van der Waals surface area contributed by atoms with Crippen LogP contribution in [0.15, 0.2) is 60.0 Å². The minimum absolute atomic E-state index is 0.202. The molecule has 152 valence electrons. The molecule has 1 atom stereocenters. The number of carbonyl (C=O) groups excluding carboxylic acids is 1. The molecular weight excluding hydrogens is 404 g/mol. The smallest absolute Gasteiger partial charge is 0.254 e. The molecule has 2 aromatic carbocycles. The monoisotopic (exact) mass is 422 g/mol. The van der Waals surface area contributed by atoms with Crippen LogP contribution in [0.25, 0.3) is 5.69 Å². The molecule has 1 unspecified atom stereocenters. The Bertz CT molecular complexity index is 1140. The Labute approximate surface area is 178 Å². The van der Waals surface area contributed by atoms with E-state index in [0.717, 1.165) is 35.7 Å². The molecule has 1 N–H and O–H groups in total. The Morgan fingerprint density at radius 3 is 3.07 bits per heavy atom. The number of carbonyl (C=O) groups is 1. The van der Waals surface area contributed by atoms with Gasteiger partial charge in [-0.3, -0.25) is 4.79 Å². The van der Waals surface area contributed by atoms with E-state index in [9.17, 15) is 4.79 Å². The molecule has 1 amide bonds. The second kappa shape index (κ2) is 7.84. The second-order valence-electron chi connectivity index (χ2n) is 7.23. The van der Waals surface area contributed by atoms with Gasteiger partial charge < -0.3 is 14.9 Å². The molecule has 5 rings (SSSR count). The van der Waals surface area contributed by atoms with Gasteiger partial charge in [-0.25, -0.2) is 4.68 Å². The maximum atomic E-state index is 12.5. The van der Waals surface area contributed by atoms with Gasteiger partial charge >= 0.3 is 0 Å². The van der Waals surface area contributed by atoms with Crippen molar-refractivity contribution in [1.82, 2.24) is 15.1 Å². The molecule has 0 aliphatic carbocycles. The molecule has 2 aliphatic heterocycles. The Kier molecular flexibility index (Phi) is 4.88. The van der Waals surface area contributed by atoms with Crippen LogP contribution in [0.5, 0.6) is 5.75 Å². The second-order valence-corrected chi connectivity index (χ2v) is 7.63. The Morgan fingerprint density at radius 1 is 1.27 bits per heavy atom. The number of para-hydroxylation sites is 1. The van der Waals surface area contributed by atoms with Crippen LogP contribution in [0, 0.1) is 0 Å². The van der Waals surface area contributed by atoms with Crippen molar-refractivity contribution in [2.75, 3.05) is 13.2 Å². The van der Waals surface area contributed by atoms with Crippen LogP contribution >= 0.6 is 11.6 Å². The summed E-state index contributed by atoms with van der Waals surface area (Å²) in [5, 5.41) is 11.9. The largest absolute Gasteiger partial charge is 0.493 e. The Hall–Kier alpha value is -3.32. The number of fused-ring (bicyclic) bond motifs is 1. The average molecular weight is 423 g/mol. The van der Waals surface area contributed by atoms with Crippen LogP contribution in [0.3, 0.4) is 0 Å². The van der Waals surface area contributed by atoms with Crippen LogP contribution in [0.1, 0.15) is 27.9 Å². The number of benzene rings is 2. The van der Waals surface area contributed by atoms with Gasteiger partial charge in [0.05, 0.1) is 41.3 Å². The predicted octanol–water partition coefficient (Wildman–Crippen LogP) is 3.38. The highest BCUT2D eigenvalue weighted by molar-refractivity contribution is 6.32. The third-order valence-electron chi connectivity index (χ3n) is 5.19. The van der Waals surface area contributed by atoms with Gasteiger partial charge in [0, 0.05) is 19.0 Å². The lowest BCUT2D eigenvalue weighted by atomic mass is 10.0. The fourth-order valence-electron chi connectivity index (χ4n) is 3.59. The number of hydrogen-bond donors (Lipinski definition) is 1. The normalized spacial score (nSPS) is 17.1. The highest BCUT2D eigenvalue weighted by atomic mass is 35.5. The first kappa shape index (κ1) is 18.7. The number of rotatable bonds is 5. The lowest BCUT2D eigenvalue weighted by molar-refractivity contribution is 0.0753. The number of aromatic nitrogens is 2. The van der Waals surface area contributed by atoms with Crippen LogP contribution in [0.4, 0.5) is 0 Å². The van der Waals surface area contributed by atoms with Crippen molar-refractivity contribution in [3.63, 3.8) is 0 Å². The number of hydrogen-bond acceptors (Lipinski definition) is 5. The van der Waals surface area contributed by atoms with E-state index in [0.29, 0.717) is 23.6 Å². The summed E-state index contributed by atoms with van der Waals surface area (Å²) in [6.45, 7) is 1.08. The Morgan fingerprint density at radius 2 is 2.17 bits per heavy atom. The van der Waals surface area contributed by atoms with Crippen molar-refractivity contribution in [2.24, 2.45) is 5.16 Å². The van der Waals surface area contributed by atoms with Gasteiger partial charge in [0.2, 0.25) is 0 Å². The molecule has 0 fully saturated rings. The van der Waals surface area contributed by atoms with E-state index in [1.54, 1.807) is 16.9 Å². The van der Waals surface area contributed by atoms with Crippen molar-refractivity contribution in [1.29, 1.82) is 0 Å². The lowest BCUT2D eigenvalue weighted by Crippen LogP contribution is -2.32. The molecule has 0 saturated carbocycles. The number of oxime groups is 1. The topological polar surface area (TPSA) is 77.7 Å². The number of amides is 1. The third kappa shape index (κ3) is 3.64. The SMILES string of the molecule is O=C(NCC1CC(c2ccc3c(c2)CCO3)=NO1)c1cnn(-c2ccccc2Cl)c1. The average Bonchev–Trinajstić information content (AvgIpc) is 3.52. The Balaban J connectivity index is 1.18. The van der Waals surface area contributed by atoms with Gasteiger partial charge in [-0.2, -0.15) is 5.10 Å². The standard InChI is InChI=1S/C22H19ClN4O3/c23-18-3-1-2-4-20(18)27-13-16(11-25-27)22(28)24-12-17-10-19(26-30-17)14-5-6-21-15(9-14)7-8-29-21/h1-6,9,11,13,17H,7-8,10,12H2,(H,24,28). The van der Waals surface area contributed by atoms with Gasteiger partial charge in [-0.15, -0.1) is 0 Å². The van der Waals surface area contributed by atoms with Crippen molar-refractivity contribution < 1.29 is 14.4 Å². The van der Waals surface area contributed by atoms with Crippen molar-refractivity contribution >= 4 is 23.2 Å². The zero-order chi connectivity index (χ0) is 20.5. The highest BCUT2D eigenvalue weighted by Gasteiger charge is 2.24. The maximum absolute atomic E-state index is 12.5. The highest BCUT2D eigenvalue weighted by Crippen LogP contribution is 2.28. The quantitative estimate of drug-likeness (QED) is 0.683. The predicted molar refractivity (Wildman–Crippen MR) is 113 cm³/mol. The number of nitrogens with one attached hydrogen (secondary N) is 1. The zero-order valence-electron chi connectivity index (χ0n) is 16.0. The first-order chi connectivity index (χ1) is 14.7. The first-order valence-corrected chi connectivity index (χ1v) is 10.1. The molecule has 0 spiro atoms. The molecule has 30 heavy (non-hydrogen) atoms. The fourth-order valence-corrected chi connectivity index (χ4v) is 3.81. The maximum Gasteiger partial charge on any atom is 0.254 e. The van der Waals surface area contributed by atoms with Gasteiger partial charge in [0.1, 0.15) is 11.9 Å². The summed E-state index contributed by atoms with van der Waals surface area (Å²) in [5.41, 5.74) is 4.29. The summed E-state index contributed by atoms with van der Waals surface area (Å²) < 4.78 is 7.13. The summed E-state index contributed by atoms with van der Waals surface area (Å²) in [5.74, 6) is 0.722. The van der Waals surface area contributed by atoms with Crippen LogP contribution in [0.2, 0.25) is 5.02 Å².